The zero-order chi connectivity index (χ0) is 39.0. The van der Waals surface area contributed by atoms with Gasteiger partial charge in [0.1, 0.15) is 36.9 Å². The number of para-hydroxylation sites is 2. The van der Waals surface area contributed by atoms with Crippen molar-refractivity contribution in [3.8, 4) is 22.5 Å². The number of hydrogen-bond donors (Lipinski definition) is 2. The molecule has 8 rings (SSSR count). The van der Waals surface area contributed by atoms with Gasteiger partial charge in [-0.05, 0) is 45.0 Å². The number of primary amides is 2. The fraction of sp³-hybridized carbons (Fsp3) is 0.143. The molecular weight excluding hydrogens is 948 g/mol. The van der Waals surface area contributed by atoms with E-state index in [9.17, 15) is 9.59 Å². The van der Waals surface area contributed by atoms with E-state index < -0.39 is 0 Å². The van der Waals surface area contributed by atoms with E-state index in [0.717, 1.165) is 66.0 Å². The minimum absolute atomic E-state index is 0. The van der Waals surface area contributed by atoms with Gasteiger partial charge in [0.2, 0.25) is 11.8 Å². The normalized spacial score (nSPS) is 10.5. The van der Waals surface area contributed by atoms with Crippen LogP contribution in [0.25, 0.3) is 44.3 Å². The van der Waals surface area contributed by atoms with E-state index in [1.165, 1.54) is 22.7 Å². The van der Waals surface area contributed by atoms with E-state index in [2.05, 4.69) is 78.1 Å². The predicted molar refractivity (Wildman–Crippen MR) is 222 cm³/mol. The molecule has 2 amide bonds. The number of amides is 2. The Morgan fingerprint density at radius 1 is 0.541 bits per heavy atom. The van der Waals surface area contributed by atoms with Crippen molar-refractivity contribution in [3.63, 3.8) is 0 Å². The number of hydrogen-bond acceptors (Lipinski definition) is 8. The second-order valence-corrected chi connectivity index (χ2v) is 14.6. The SMILES string of the molecule is Cn1c(-c2ccccc2)c(N=Nc2scc[n+]2CCC(N)=O)c2ccccc21.Cn1c(-c2ccccc2)c(N=Nc2scc[n+]2CCC(N)=O)c2ccccc21.[Cl-].[Cl-].[Cl-].[Cl-].[Zn+2]. The van der Waals surface area contributed by atoms with Crippen molar-refractivity contribution < 1.29 is 87.8 Å². The molecule has 8 aromatic rings. The Balaban J connectivity index is 0.000000388. The Morgan fingerprint density at radius 2 is 0.885 bits per heavy atom. The van der Waals surface area contributed by atoms with Crippen molar-refractivity contribution >= 4 is 77.9 Å². The van der Waals surface area contributed by atoms with E-state index in [1.807, 2.05) is 107 Å². The zero-order valence-electron chi connectivity index (χ0n) is 33.1. The first kappa shape index (κ1) is 52.3. The molecule has 4 heterocycles. The summed E-state index contributed by atoms with van der Waals surface area (Å²) < 4.78 is 8.08. The molecule has 12 nitrogen and oxygen atoms in total. The summed E-state index contributed by atoms with van der Waals surface area (Å²) in [5, 5.41) is 25.7. The minimum atomic E-state index is -0.331. The van der Waals surface area contributed by atoms with Crippen LogP contribution in [0.2, 0.25) is 0 Å². The molecule has 312 valence electrons. The van der Waals surface area contributed by atoms with Gasteiger partial charge < -0.3 is 70.2 Å². The van der Waals surface area contributed by atoms with E-state index in [1.54, 1.807) is 0 Å². The summed E-state index contributed by atoms with van der Waals surface area (Å²) in [7, 11) is 4.09. The first-order valence-electron chi connectivity index (χ1n) is 17.9. The standard InChI is InChI=1S/2C21H19N5OS.4ClH.Zn/c2*1-25-17-10-6-5-9-16(17)19(20(25)15-7-3-2-4-8-15)23-24-21-26(13-14-28-21)12-11-18(22)27;;;;;/h2*2-10,13-14H,11-12H2,1H3,(H-,22,27);4*1H;/q;;;;;;+2/p-2. The molecule has 0 fully saturated rings. The van der Waals surface area contributed by atoms with Gasteiger partial charge in [-0.1, -0.05) is 97.1 Å². The van der Waals surface area contributed by atoms with Crippen LogP contribution in [0.15, 0.2) is 153 Å². The quantitative estimate of drug-likeness (QED) is 0.0762. The Bertz CT molecular complexity index is 2530. The summed E-state index contributed by atoms with van der Waals surface area (Å²) in [6.07, 6.45) is 4.33. The summed E-state index contributed by atoms with van der Waals surface area (Å²) in [4.78, 5) is 22.2. The molecule has 0 saturated carbocycles. The third-order valence-electron chi connectivity index (χ3n) is 9.24. The maximum atomic E-state index is 11.1. The number of carbonyl (C=O) groups is 2. The van der Waals surface area contributed by atoms with Crippen molar-refractivity contribution in [2.45, 2.75) is 25.9 Å². The van der Waals surface area contributed by atoms with Crippen LogP contribution in [0.3, 0.4) is 0 Å². The molecule has 61 heavy (non-hydrogen) atoms. The van der Waals surface area contributed by atoms with Crippen LogP contribution in [-0.4, -0.2) is 20.9 Å². The van der Waals surface area contributed by atoms with E-state index in [0.29, 0.717) is 13.1 Å². The average molecular weight is 988 g/mol. The van der Waals surface area contributed by atoms with E-state index >= 15 is 0 Å². The van der Waals surface area contributed by atoms with Crippen molar-refractivity contribution in [3.05, 3.63) is 132 Å². The molecule has 4 aromatic carbocycles. The molecule has 0 aliphatic carbocycles. The van der Waals surface area contributed by atoms with Gasteiger partial charge in [-0.25, -0.2) is 9.13 Å². The van der Waals surface area contributed by atoms with Gasteiger partial charge in [-0.15, -0.1) is 0 Å². The van der Waals surface area contributed by atoms with Gasteiger partial charge in [0.15, 0.2) is 0 Å². The number of thiazole rings is 2. The zero-order valence-corrected chi connectivity index (χ0v) is 40.7. The van der Waals surface area contributed by atoms with Crippen molar-refractivity contribution in [2.24, 2.45) is 46.0 Å². The first-order valence-corrected chi connectivity index (χ1v) is 19.7. The van der Waals surface area contributed by atoms with Crippen molar-refractivity contribution in [1.82, 2.24) is 9.13 Å². The number of carbonyl (C=O) groups excluding carboxylic acids is 2. The third-order valence-corrected chi connectivity index (χ3v) is 10.8. The number of nitrogens with two attached hydrogens (primary N) is 2. The number of rotatable bonds is 12. The molecule has 0 saturated heterocycles. The van der Waals surface area contributed by atoms with Gasteiger partial charge in [-0.2, -0.15) is 0 Å². The molecule has 0 bridgehead atoms. The number of aromatic nitrogens is 4. The van der Waals surface area contributed by atoms with Crippen LogP contribution in [0, 0.1) is 0 Å². The molecule has 0 spiro atoms. The summed E-state index contributed by atoms with van der Waals surface area (Å²) in [5.41, 5.74) is 18.6. The van der Waals surface area contributed by atoms with E-state index in [-0.39, 0.29) is 93.8 Å². The fourth-order valence-electron chi connectivity index (χ4n) is 6.54. The second-order valence-electron chi connectivity index (χ2n) is 12.9. The molecule has 0 radical (unpaired) electrons. The van der Waals surface area contributed by atoms with Gasteiger partial charge >= 0.3 is 29.7 Å². The summed E-state index contributed by atoms with van der Waals surface area (Å²) in [6.45, 7) is 0.989. The molecule has 0 aliphatic rings. The summed E-state index contributed by atoms with van der Waals surface area (Å²) in [5.74, 6) is -0.663. The van der Waals surface area contributed by atoms with Gasteiger partial charge in [0, 0.05) is 46.8 Å². The first-order chi connectivity index (χ1) is 27.3. The number of nitrogens with zero attached hydrogens (tertiary/aromatic N) is 8. The Hall–Kier alpha value is -4.86. The molecule has 19 heteroatoms. The second kappa shape index (κ2) is 24.6. The molecule has 0 atom stereocenters. The van der Waals surface area contributed by atoms with Crippen LogP contribution in [0.4, 0.5) is 21.6 Å². The maximum Gasteiger partial charge on any atom is 2.00 e. The van der Waals surface area contributed by atoms with Crippen LogP contribution in [0.1, 0.15) is 12.8 Å². The average Bonchev–Trinajstić information content (AvgIpc) is 4.00. The Labute approximate surface area is 398 Å². The predicted octanol–water partition coefficient (Wildman–Crippen LogP) is -3.02. The van der Waals surface area contributed by atoms with Crippen LogP contribution in [-0.2, 0) is 56.3 Å². The monoisotopic (exact) mass is 984 g/mol. The van der Waals surface area contributed by atoms with E-state index in [4.69, 9.17) is 11.5 Å². The molecule has 0 aliphatic heterocycles. The molecule has 4 aromatic heterocycles. The third kappa shape index (κ3) is 12.2. The Kier molecular flexibility index (Phi) is 21.0. The largest absolute Gasteiger partial charge is 2.00 e. The van der Waals surface area contributed by atoms with Crippen LogP contribution >= 0.6 is 22.7 Å². The Morgan fingerprint density at radius 3 is 1.25 bits per heavy atom. The molecule has 0 unspecified atom stereocenters. The van der Waals surface area contributed by atoms with Gasteiger partial charge in [-0.3, -0.25) is 9.59 Å². The topological polar surface area (TPSA) is 153 Å². The number of aryl methyl sites for hydroxylation is 4. The van der Waals surface area contributed by atoms with Crippen molar-refractivity contribution in [1.29, 1.82) is 0 Å². The summed E-state index contributed by atoms with van der Waals surface area (Å²) in [6, 6.07) is 36.7. The van der Waals surface area contributed by atoms with Crippen LogP contribution in [0.5, 0.6) is 0 Å². The summed E-state index contributed by atoms with van der Waals surface area (Å²) >= 11 is 2.96. The van der Waals surface area contributed by atoms with Crippen LogP contribution < -0.4 is 70.2 Å². The number of azo groups is 2. The maximum absolute atomic E-state index is 11.1. The number of halogens is 4. The van der Waals surface area contributed by atoms with Crippen molar-refractivity contribution in [2.75, 3.05) is 0 Å². The minimum Gasteiger partial charge on any atom is -1.00 e. The number of benzene rings is 4. The molecular formula is C42H40Cl4N10O2S2Zn. The van der Waals surface area contributed by atoms with Gasteiger partial charge in [0.25, 0.3) is 0 Å². The fourth-order valence-corrected chi connectivity index (χ4v) is 7.95. The number of fused-ring (bicyclic) bond motifs is 2. The van der Waals surface area contributed by atoms with Gasteiger partial charge in [0.05, 0.1) is 45.5 Å². The molecule has 4 N–H and O–H groups in total. The smallest absolute Gasteiger partial charge is 1.00 e.